The highest BCUT2D eigenvalue weighted by atomic mass is 16.5. The zero-order valence-corrected chi connectivity index (χ0v) is 17.3. The molecule has 0 atom stereocenters. The highest BCUT2D eigenvalue weighted by Gasteiger charge is 2.29. The third kappa shape index (κ3) is 4.73. The number of benzene rings is 1. The molecule has 3 aromatic rings. The molecule has 4 rings (SSSR count). The number of piperidine rings is 1. The van der Waals surface area contributed by atoms with E-state index < -0.39 is 0 Å². The molecule has 162 valence electrons. The van der Waals surface area contributed by atoms with E-state index in [1.165, 1.54) is 6.26 Å². The molecule has 0 radical (unpaired) electrons. The fourth-order valence-electron chi connectivity index (χ4n) is 3.64. The third-order valence-electron chi connectivity index (χ3n) is 5.27. The van der Waals surface area contributed by atoms with Crippen LogP contribution in [0.4, 0.5) is 5.88 Å². The first-order valence-electron chi connectivity index (χ1n) is 10.2. The average Bonchev–Trinajstić information content (AvgIpc) is 3.51. The number of anilines is 1. The van der Waals surface area contributed by atoms with E-state index in [-0.39, 0.29) is 30.0 Å². The molecule has 1 aliphatic heterocycles. The Labute approximate surface area is 184 Å². The van der Waals surface area contributed by atoms with Crippen molar-refractivity contribution in [3.63, 3.8) is 0 Å². The molecule has 9 heteroatoms. The lowest BCUT2D eigenvalue weighted by molar-refractivity contribution is -0.125. The molecule has 0 unspecified atom stereocenters. The fraction of sp³-hybridized carbons (Fsp3) is 0.304. The van der Waals surface area contributed by atoms with Crippen molar-refractivity contribution in [3.05, 3.63) is 53.9 Å². The van der Waals surface area contributed by atoms with E-state index in [2.05, 4.69) is 16.4 Å². The minimum absolute atomic E-state index is 0.0117. The van der Waals surface area contributed by atoms with E-state index in [0.29, 0.717) is 49.9 Å². The molecule has 0 bridgehead atoms. The number of nitrogens with one attached hydrogen (secondary N) is 1. The molecule has 32 heavy (non-hydrogen) atoms. The zero-order chi connectivity index (χ0) is 22.3. The summed E-state index contributed by atoms with van der Waals surface area (Å²) in [6.45, 7) is 1.53. The van der Waals surface area contributed by atoms with Crippen molar-refractivity contribution in [2.24, 2.45) is 5.92 Å². The van der Waals surface area contributed by atoms with Crippen molar-refractivity contribution in [1.82, 2.24) is 10.3 Å². The maximum atomic E-state index is 12.6. The Kier molecular flexibility index (Phi) is 6.38. The number of rotatable bonds is 7. The molecular formula is C23H21N5O4. The van der Waals surface area contributed by atoms with Crippen molar-refractivity contribution in [2.75, 3.05) is 24.6 Å². The molecule has 1 aromatic carbocycles. The summed E-state index contributed by atoms with van der Waals surface area (Å²) in [6, 6.07) is 14.8. The number of furan rings is 1. The number of hydrogen-bond donors (Lipinski definition) is 1. The number of carbonyl (C=O) groups excluding carboxylic acids is 1. The first kappa shape index (κ1) is 21.0. The lowest BCUT2D eigenvalue weighted by Gasteiger charge is -2.31. The predicted molar refractivity (Wildman–Crippen MR) is 113 cm³/mol. The molecule has 0 spiro atoms. The van der Waals surface area contributed by atoms with Gasteiger partial charge in [-0.05, 0) is 42.7 Å². The number of nitriles is 2. The van der Waals surface area contributed by atoms with Crippen LogP contribution < -0.4 is 15.0 Å². The van der Waals surface area contributed by atoms with Crippen LogP contribution in [-0.2, 0) is 11.3 Å². The maximum absolute atomic E-state index is 12.6. The summed E-state index contributed by atoms with van der Waals surface area (Å²) in [6.07, 6.45) is 2.79. The summed E-state index contributed by atoms with van der Waals surface area (Å²) in [5.74, 6) is 1.60. The van der Waals surface area contributed by atoms with Crippen molar-refractivity contribution in [2.45, 2.75) is 19.4 Å². The van der Waals surface area contributed by atoms with E-state index in [1.807, 2.05) is 29.2 Å². The second kappa shape index (κ2) is 9.71. The Balaban J connectivity index is 1.32. The van der Waals surface area contributed by atoms with E-state index >= 15 is 0 Å². The molecule has 2 aromatic heterocycles. The van der Waals surface area contributed by atoms with E-state index in [4.69, 9.17) is 18.8 Å². The van der Waals surface area contributed by atoms with Gasteiger partial charge in [0, 0.05) is 25.6 Å². The van der Waals surface area contributed by atoms with Gasteiger partial charge in [-0.2, -0.15) is 15.5 Å². The Morgan fingerprint density at radius 3 is 2.81 bits per heavy atom. The van der Waals surface area contributed by atoms with Crippen LogP contribution in [0.2, 0.25) is 0 Å². The molecule has 3 heterocycles. The molecule has 1 fully saturated rings. The fourth-order valence-corrected chi connectivity index (χ4v) is 3.64. The number of hydrogen-bond acceptors (Lipinski definition) is 8. The Morgan fingerprint density at radius 2 is 2.09 bits per heavy atom. The van der Waals surface area contributed by atoms with Gasteiger partial charge in [0.15, 0.2) is 12.4 Å². The summed E-state index contributed by atoms with van der Waals surface area (Å²) in [7, 11) is 0. The standard InChI is InChI=1S/C23H21N5O4/c24-8-12-30-18-4-1-3-16(13-18)15-26-21(29)17-6-9-28(10-7-17)23-19(14-25)27-22(32-23)20-5-2-11-31-20/h1-5,11,13,17H,6-7,9-10,12,15H2,(H,26,29). The number of amides is 1. The minimum Gasteiger partial charge on any atom is -0.479 e. The van der Waals surface area contributed by atoms with Crippen LogP contribution in [0, 0.1) is 28.6 Å². The van der Waals surface area contributed by atoms with Crippen molar-refractivity contribution < 1.29 is 18.4 Å². The number of oxazole rings is 1. The summed E-state index contributed by atoms with van der Waals surface area (Å²) < 4.78 is 16.4. The van der Waals surface area contributed by atoms with Crippen LogP contribution in [0.15, 0.2) is 51.5 Å². The normalized spacial score (nSPS) is 13.9. The van der Waals surface area contributed by atoms with Gasteiger partial charge in [-0.25, -0.2) is 0 Å². The van der Waals surface area contributed by atoms with E-state index in [0.717, 1.165) is 5.56 Å². The summed E-state index contributed by atoms with van der Waals surface area (Å²) >= 11 is 0. The molecular weight excluding hydrogens is 410 g/mol. The first-order chi connectivity index (χ1) is 15.7. The number of carbonyl (C=O) groups is 1. The van der Waals surface area contributed by atoms with Crippen LogP contribution >= 0.6 is 0 Å². The zero-order valence-electron chi connectivity index (χ0n) is 17.3. The number of ether oxygens (including phenoxy) is 1. The second-order valence-electron chi connectivity index (χ2n) is 7.34. The second-order valence-corrected chi connectivity index (χ2v) is 7.34. The first-order valence-corrected chi connectivity index (χ1v) is 10.2. The Bertz CT molecular complexity index is 1150. The lowest BCUT2D eigenvalue weighted by atomic mass is 9.96. The van der Waals surface area contributed by atoms with Crippen LogP contribution in [-0.4, -0.2) is 30.6 Å². The highest BCUT2D eigenvalue weighted by Crippen LogP contribution is 2.31. The van der Waals surface area contributed by atoms with Gasteiger partial charge in [0.25, 0.3) is 5.89 Å². The largest absolute Gasteiger partial charge is 0.479 e. The van der Waals surface area contributed by atoms with Gasteiger partial charge < -0.3 is 23.8 Å². The third-order valence-corrected chi connectivity index (χ3v) is 5.27. The van der Waals surface area contributed by atoms with Crippen LogP contribution in [0.25, 0.3) is 11.7 Å². The van der Waals surface area contributed by atoms with Crippen LogP contribution in [0.5, 0.6) is 5.75 Å². The highest BCUT2D eigenvalue weighted by molar-refractivity contribution is 5.79. The summed E-state index contributed by atoms with van der Waals surface area (Å²) in [5, 5.41) is 21.0. The minimum atomic E-state index is -0.123. The van der Waals surface area contributed by atoms with Gasteiger partial charge in [0.2, 0.25) is 17.5 Å². The van der Waals surface area contributed by atoms with Crippen LogP contribution in [0.3, 0.4) is 0 Å². The van der Waals surface area contributed by atoms with Gasteiger partial charge in [-0.1, -0.05) is 12.1 Å². The predicted octanol–water partition coefficient (Wildman–Crippen LogP) is 3.24. The smallest absolute Gasteiger partial charge is 0.266 e. The topological polar surface area (TPSA) is 128 Å². The molecule has 0 aliphatic carbocycles. The molecule has 0 saturated carbocycles. The van der Waals surface area contributed by atoms with Crippen molar-refractivity contribution in [3.8, 4) is 29.5 Å². The summed E-state index contributed by atoms with van der Waals surface area (Å²) in [5.41, 5.74) is 1.11. The molecule has 9 nitrogen and oxygen atoms in total. The van der Waals surface area contributed by atoms with Crippen molar-refractivity contribution in [1.29, 1.82) is 10.5 Å². The maximum Gasteiger partial charge on any atom is 0.266 e. The van der Waals surface area contributed by atoms with Gasteiger partial charge >= 0.3 is 0 Å². The SMILES string of the molecule is N#CCOc1cccc(CNC(=O)C2CCN(c3oc(-c4ccco4)nc3C#N)CC2)c1. The molecule has 1 N–H and O–H groups in total. The van der Waals surface area contributed by atoms with E-state index in [1.54, 1.807) is 18.2 Å². The van der Waals surface area contributed by atoms with Crippen molar-refractivity contribution >= 4 is 11.8 Å². The molecule has 1 saturated heterocycles. The monoisotopic (exact) mass is 431 g/mol. The molecule has 1 amide bonds. The lowest BCUT2D eigenvalue weighted by Crippen LogP contribution is -2.40. The van der Waals surface area contributed by atoms with Crippen LogP contribution in [0.1, 0.15) is 24.1 Å². The van der Waals surface area contributed by atoms with E-state index in [9.17, 15) is 10.1 Å². The summed E-state index contributed by atoms with van der Waals surface area (Å²) in [4.78, 5) is 18.8. The Morgan fingerprint density at radius 1 is 1.25 bits per heavy atom. The van der Waals surface area contributed by atoms with Gasteiger partial charge in [-0.15, -0.1) is 0 Å². The number of aromatic nitrogens is 1. The average molecular weight is 431 g/mol. The quantitative estimate of drug-likeness (QED) is 0.604. The Hall–Kier alpha value is -4.24. The van der Waals surface area contributed by atoms with Gasteiger partial charge in [-0.3, -0.25) is 4.79 Å². The van der Waals surface area contributed by atoms with Gasteiger partial charge in [0.05, 0.1) is 6.26 Å². The number of nitrogens with zero attached hydrogens (tertiary/aromatic N) is 4. The van der Waals surface area contributed by atoms with Gasteiger partial charge in [0.1, 0.15) is 17.9 Å². The molecule has 1 aliphatic rings.